The first-order chi connectivity index (χ1) is 16.9. The summed E-state index contributed by atoms with van der Waals surface area (Å²) in [5, 5.41) is 11.8. The number of carbonyl (C=O) groups excluding carboxylic acids is 3. The molecule has 3 fully saturated rings. The van der Waals surface area contributed by atoms with Gasteiger partial charge in [-0.15, -0.1) is 0 Å². The van der Waals surface area contributed by atoms with Gasteiger partial charge in [0.1, 0.15) is 0 Å². The molecule has 0 radical (unpaired) electrons. The normalized spacial score (nSPS) is 21.6. The third-order valence-electron chi connectivity index (χ3n) is 9.51. The van der Waals surface area contributed by atoms with Gasteiger partial charge in [-0.1, -0.05) is 89.7 Å². The van der Waals surface area contributed by atoms with Gasteiger partial charge in [-0.3, -0.25) is 9.59 Å². The summed E-state index contributed by atoms with van der Waals surface area (Å²) in [5.41, 5.74) is 0.785. The van der Waals surface area contributed by atoms with Gasteiger partial charge in [0.2, 0.25) is 11.8 Å². The minimum atomic E-state index is -0.281. The van der Waals surface area contributed by atoms with Crippen LogP contribution in [0, 0.1) is 40.9 Å². The molecule has 7 heteroatoms. The highest BCUT2D eigenvalue weighted by atomic mass is 16.2. The lowest BCUT2D eigenvalue weighted by molar-refractivity contribution is -0.121. The van der Waals surface area contributed by atoms with Crippen LogP contribution in [0.4, 0.5) is 4.79 Å². The standard InChI is InChI=1S/C10H18N2O.2C10H19NO/c1-6(2)10(7(3)4)8(5)11-9(13)12-10;1-7(2)10(8(3)4)5-9(12)11-6-10;1-7(2)10(8(3)4)6-5-9(12)11-10/h6-7H,5H2,1-4H3,(H2,11,12,13);2*7-8H,5-6H2,1-4H3,(H,11,12). The highest BCUT2D eigenvalue weighted by Gasteiger charge is 2.46. The van der Waals surface area contributed by atoms with Gasteiger partial charge in [-0.25, -0.2) is 4.79 Å². The van der Waals surface area contributed by atoms with Gasteiger partial charge in [0.05, 0.1) is 5.54 Å². The molecule has 3 heterocycles. The monoisotopic (exact) mass is 520 g/mol. The fourth-order valence-corrected chi connectivity index (χ4v) is 6.60. The van der Waals surface area contributed by atoms with Crippen molar-refractivity contribution in [3.05, 3.63) is 12.3 Å². The van der Waals surface area contributed by atoms with Crippen molar-refractivity contribution >= 4 is 17.8 Å². The summed E-state index contributed by atoms with van der Waals surface area (Å²) in [4.78, 5) is 33.5. The number of carbonyl (C=O) groups is 3. The Morgan fingerprint density at radius 2 is 1.16 bits per heavy atom. The zero-order valence-electron chi connectivity index (χ0n) is 25.7. The largest absolute Gasteiger partial charge is 0.355 e. The average molecular weight is 521 g/mol. The number of nitrogens with one attached hydrogen (secondary N) is 4. The molecule has 0 spiro atoms. The summed E-state index contributed by atoms with van der Waals surface area (Å²) in [6.45, 7) is 30.7. The Morgan fingerprint density at radius 1 is 0.676 bits per heavy atom. The molecule has 3 aliphatic rings. The fraction of sp³-hybridized carbons (Fsp3) is 0.833. The second kappa shape index (κ2) is 12.7. The highest BCUT2D eigenvalue weighted by molar-refractivity contribution is 5.82. The molecule has 3 aliphatic heterocycles. The number of urea groups is 1. The maximum atomic E-state index is 11.2. The van der Waals surface area contributed by atoms with E-state index in [1.165, 1.54) is 0 Å². The number of hydrogen-bond donors (Lipinski definition) is 4. The molecule has 3 rings (SSSR count). The van der Waals surface area contributed by atoms with E-state index in [1.54, 1.807) is 0 Å². The Labute approximate surface area is 226 Å². The van der Waals surface area contributed by atoms with E-state index < -0.39 is 0 Å². The van der Waals surface area contributed by atoms with Gasteiger partial charge in [-0.2, -0.15) is 0 Å². The third kappa shape index (κ3) is 6.88. The topological polar surface area (TPSA) is 99.3 Å². The van der Waals surface area contributed by atoms with Crippen LogP contribution in [0.2, 0.25) is 0 Å². The predicted octanol–water partition coefficient (Wildman–Crippen LogP) is 5.62. The van der Waals surface area contributed by atoms with E-state index in [2.05, 4.69) is 111 Å². The van der Waals surface area contributed by atoms with Crippen molar-refractivity contribution in [2.24, 2.45) is 40.9 Å². The van der Waals surface area contributed by atoms with Crippen LogP contribution in [0.1, 0.15) is 102 Å². The first kappa shape index (κ1) is 33.0. The van der Waals surface area contributed by atoms with E-state index in [9.17, 15) is 14.4 Å². The van der Waals surface area contributed by atoms with Crippen LogP contribution in [0.25, 0.3) is 0 Å². The second-order valence-corrected chi connectivity index (χ2v) is 13.1. The molecule has 37 heavy (non-hydrogen) atoms. The molecular weight excluding hydrogens is 464 g/mol. The van der Waals surface area contributed by atoms with Crippen LogP contribution in [0.3, 0.4) is 0 Å². The molecule has 3 saturated heterocycles. The summed E-state index contributed by atoms with van der Waals surface area (Å²) in [7, 11) is 0. The van der Waals surface area contributed by atoms with Crippen molar-refractivity contribution in [1.29, 1.82) is 0 Å². The zero-order valence-corrected chi connectivity index (χ0v) is 25.7. The van der Waals surface area contributed by atoms with Gasteiger partial charge in [0.25, 0.3) is 0 Å². The molecule has 0 aromatic carbocycles. The van der Waals surface area contributed by atoms with E-state index in [0.29, 0.717) is 48.3 Å². The summed E-state index contributed by atoms with van der Waals surface area (Å²) in [6.07, 6.45) is 2.42. The Morgan fingerprint density at radius 3 is 1.32 bits per heavy atom. The maximum Gasteiger partial charge on any atom is 0.319 e. The SMILES string of the molecule is C=C1NC(=O)NC1(C(C)C)C(C)C.CC(C)C1(C(C)C)CCC(=O)N1.CC(C)C1(C(C)C)CNC(=O)C1. The number of hydrogen-bond acceptors (Lipinski definition) is 3. The fourth-order valence-electron chi connectivity index (χ4n) is 6.60. The third-order valence-corrected chi connectivity index (χ3v) is 9.51. The van der Waals surface area contributed by atoms with Crippen LogP contribution in [0.15, 0.2) is 12.3 Å². The Balaban J connectivity index is 0.000000278. The van der Waals surface area contributed by atoms with E-state index in [1.807, 2.05) is 0 Å². The minimum Gasteiger partial charge on any atom is -0.355 e. The second-order valence-electron chi connectivity index (χ2n) is 13.1. The molecule has 0 aromatic heterocycles. The Hall–Kier alpha value is -2.05. The van der Waals surface area contributed by atoms with Crippen molar-refractivity contribution in [2.75, 3.05) is 6.54 Å². The van der Waals surface area contributed by atoms with E-state index in [-0.39, 0.29) is 34.3 Å². The Bertz CT molecular complexity index is 761. The van der Waals surface area contributed by atoms with Gasteiger partial charge in [0, 0.05) is 36.0 Å². The molecule has 0 aliphatic carbocycles. The first-order valence-corrected chi connectivity index (χ1v) is 14.2. The van der Waals surface area contributed by atoms with Crippen molar-refractivity contribution in [1.82, 2.24) is 21.3 Å². The van der Waals surface area contributed by atoms with E-state index in [4.69, 9.17) is 0 Å². The summed E-state index contributed by atoms with van der Waals surface area (Å²) < 4.78 is 0. The molecule has 0 aromatic rings. The molecule has 7 nitrogen and oxygen atoms in total. The smallest absolute Gasteiger partial charge is 0.319 e. The van der Waals surface area contributed by atoms with E-state index in [0.717, 1.165) is 18.7 Å². The van der Waals surface area contributed by atoms with Gasteiger partial charge in [-0.05, 0) is 41.9 Å². The summed E-state index contributed by atoms with van der Waals surface area (Å²) in [6, 6.07) is -0.132. The van der Waals surface area contributed by atoms with Gasteiger partial charge < -0.3 is 21.3 Å². The van der Waals surface area contributed by atoms with Crippen molar-refractivity contribution < 1.29 is 14.4 Å². The predicted molar refractivity (Wildman–Crippen MR) is 153 cm³/mol. The van der Waals surface area contributed by atoms with Gasteiger partial charge >= 0.3 is 6.03 Å². The van der Waals surface area contributed by atoms with Crippen LogP contribution in [0.5, 0.6) is 0 Å². The summed E-state index contributed by atoms with van der Waals surface area (Å²) in [5.74, 6) is 3.36. The van der Waals surface area contributed by atoms with Crippen LogP contribution in [-0.2, 0) is 9.59 Å². The maximum absolute atomic E-state index is 11.2. The molecule has 4 N–H and O–H groups in total. The lowest BCUT2D eigenvalue weighted by Crippen LogP contribution is -2.51. The average Bonchev–Trinajstić information content (AvgIpc) is 3.45. The zero-order chi connectivity index (χ0) is 28.9. The highest BCUT2D eigenvalue weighted by Crippen LogP contribution is 2.41. The molecule has 0 atom stereocenters. The number of rotatable bonds is 6. The molecular formula is C30H56N4O3. The van der Waals surface area contributed by atoms with Crippen LogP contribution < -0.4 is 21.3 Å². The van der Waals surface area contributed by atoms with E-state index >= 15 is 0 Å². The van der Waals surface area contributed by atoms with Gasteiger partial charge in [0.15, 0.2) is 0 Å². The Kier molecular flexibility index (Phi) is 11.3. The first-order valence-electron chi connectivity index (χ1n) is 14.2. The lowest BCUT2D eigenvalue weighted by atomic mass is 9.68. The molecule has 214 valence electrons. The molecule has 4 amide bonds. The molecule has 0 bridgehead atoms. The van der Waals surface area contributed by atoms with Crippen molar-refractivity contribution in [3.8, 4) is 0 Å². The van der Waals surface area contributed by atoms with Crippen LogP contribution >= 0.6 is 0 Å². The van der Waals surface area contributed by atoms with Crippen molar-refractivity contribution in [2.45, 2.75) is 113 Å². The summed E-state index contributed by atoms with van der Waals surface area (Å²) >= 11 is 0. The number of amides is 4. The minimum absolute atomic E-state index is 0.0666. The van der Waals surface area contributed by atoms with Crippen molar-refractivity contribution in [3.63, 3.8) is 0 Å². The van der Waals surface area contributed by atoms with Crippen LogP contribution in [-0.4, -0.2) is 35.5 Å². The molecule has 0 unspecified atom stereocenters. The lowest BCUT2D eigenvalue weighted by Gasteiger charge is -2.37. The quantitative estimate of drug-likeness (QED) is 0.366. The molecule has 0 saturated carbocycles.